The zero-order valence-corrected chi connectivity index (χ0v) is 10.4. The Kier molecular flexibility index (Phi) is 3.04. The lowest BCUT2D eigenvalue weighted by molar-refractivity contribution is 0.584. The summed E-state index contributed by atoms with van der Waals surface area (Å²) in [5, 5.41) is 13.6. The number of nitriles is 1. The van der Waals surface area contributed by atoms with Gasteiger partial charge < -0.3 is 9.88 Å². The van der Waals surface area contributed by atoms with Crippen LogP contribution in [0, 0.1) is 17.2 Å². The monoisotopic (exact) mass is 239 g/mol. The first-order valence-corrected chi connectivity index (χ1v) is 6.56. The minimum absolute atomic E-state index is 0.730. The van der Waals surface area contributed by atoms with Crippen molar-refractivity contribution in [3.63, 3.8) is 0 Å². The van der Waals surface area contributed by atoms with Crippen molar-refractivity contribution < 1.29 is 0 Å². The lowest BCUT2D eigenvalue weighted by Crippen LogP contribution is -2.21. The standard InChI is InChI=1S/C15H17N3/c16-10-13-3-4-14-5-7-18(15(14)9-13)8-6-17-11-12-1-2-12/h3-5,7,9,12,17H,1-2,6,8,11H2. The second-order valence-electron chi connectivity index (χ2n) is 5.04. The molecule has 1 saturated carbocycles. The minimum atomic E-state index is 0.730. The van der Waals surface area contributed by atoms with E-state index in [2.05, 4.69) is 28.2 Å². The average molecular weight is 239 g/mol. The van der Waals surface area contributed by atoms with Crippen molar-refractivity contribution in [3.05, 3.63) is 36.0 Å². The van der Waals surface area contributed by atoms with Gasteiger partial charge in [0.15, 0.2) is 0 Å². The molecule has 0 aliphatic heterocycles. The Balaban J connectivity index is 1.68. The number of hydrogen-bond acceptors (Lipinski definition) is 2. The topological polar surface area (TPSA) is 40.8 Å². The van der Waals surface area contributed by atoms with Gasteiger partial charge >= 0.3 is 0 Å². The molecule has 92 valence electrons. The third kappa shape index (κ3) is 2.39. The number of hydrogen-bond donors (Lipinski definition) is 1. The number of nitrogens with one attached hydrogen (secondary N) is 1. The van der Waals surface area contributed by atoms with Gasteiger partial charge in [0.1, 0.15) is 0 Å². The van der Waals surface area contributed by atoms with Gasteiger partial charge in [-0.05, 0) is 48.9 Å². The number of benzene rings is 1. The summed E-state index contributed by atoms with van der Waals surface area (Å²) >= 11 is 0. The van der Waals surface area contributed by atoms with Crippen LogP contribution in [0.2, 0.25) is 0 Å². The maximum Gasteiger partial charge on any atom is 0.0992 e. The van der Waals surface area contributed by atoms with Crippen molar-refractivity contribution in [1.29, 1.82) is 5.26 Å². The van der Waals surface area contributed by atoms with E-state index in [1.54, 1.807) is 0 Å². The molecule has 0 spiro atoms. The smallest absolute Gasteiger partial charge is 0.0992 e. The molecule has 0 amide bonds. The van der Waals surface area contributed by atoms with Gasteiger partial charge in [-0.3, -0.25) is 0 Å². The van der Waals surface area contributed by atoms with Crippen LogP contribution in [0.1, 0.15) is 18.4 Å². The van der Waals surface area contributed by atoms with Crippen LogP contribution in [0.25, 0.3) is 10.9 Å². The average Bonchev–Trinajstić information content (AvgIpc) is 3.15. The second kappa shape index (κ2) is 4.83. The van der Waals surface area contributed by atoms with Gasteiger partial charge in [0.25, 0.3) is 0 Å². The first-order valence-electron chi connectivity index (χ1n) is 6.56. The van der Waals surface area contributed by atoms with Crippen molar-refractivity contribution in [3.8, 4) is 6.07 Å². The van der Waals surface area contributed by atoms with E-state index in [0.717, 1.165) is 36.6 Å². The molecule has 1 aliphatic carbocycles. The van der Waals surface area contributed by atoms with Crippen molar-refractivity contribution in [2.24, 2.45) is 5.92 Å². The third-order valence-corrected chi connectivity index (χ3v) is 3.56. The third-order valence-electron chi connectivity index (χ3n) is 3.56. The van der Waals surface area contributed by atoms with Gasteiger partial charge in [-0.15, -0.1) is 0 Å². The van der Waals surface area contributed by atoms with Crippen molar-refractivity contribution >= 4 is 10.9 Å². The van der Waals surface area contributed by atoms with E-state index in [1.807, 2.05) is 18.2 Å². The SMILES string of the molecule is N#Cc1ccc2ccn(CCNCC3CC3)c2c1. The van der Waals surface area contributed by atoms with Crippen LogP contribution in [0.4, 0.5) is 0 Å². The fraction of sp³-hybridized carbons (Fsp3) is 0.400. The Morgan fingerprint density at radius 1 is 1.33 bits per heavy atom. The molecule has 3 rings (SSSR count). The summed E-state index contributed by atoms with van der Waals surface area (Å²) in [6.45, 7) is 3.12. The van der Waals surface area contributed by atoms with Gasteiger partial charge in [0.2, 0.25) is 0 Å². The normalized spacial score (nSPS) is 14.8. The summed E-state index contributed by atoms with van der Waals surface area (Å²) in [6.07, 6.45) is 4.89. The van der Waals surface area contributed by atoms with Crippen molar-refractivity contribution in [2.75, 3.05) is 13.1 Å². The van der Waals surface area contributed by atoms with Crippen LogP contribution < -0.4 is 5.32 Å². The molecular formula is C15H17N3. The van der Waals surface area contributed by atoms with Crippen LogP contribution in [-0.2, 0) is 6.54 Å². The van der Waals surface area contributed by atoms with E-state index in [1.165, 1.54) is 18.2 Å². The summed E-state index contributed by atoms with van der Waals surface area (Å²) in [4.78, 5) is 0. The van der Waals surface area contributed by atoms with Crippen LogP contribution in [0.15, 0.2) is 30.5 Å². The first-order chi connectivity index (χ1) is 8.86. The van der Waals surface area contributed by atoms with Crippen LogP contribution in [0.5, 0.6) is 0 Å². The molecule has 18 heavy (non-hydrogen) atoms. The highest BCUT2D eigenvalue weighted by Gasteiger charge is 2.19. The van der Waals surface area contributed by atoms with Crippen LogP contribution in [0.3, 0.4) is 0 Å². The van der Waals surface area contributed by atoms with E-state index in [4.69, 9.17) is 5.26 Å². The predicted octanol–water partition coefficient (Wildman–Crippen LogP) is 2.51. The summed E-state index contributed by atoms with van der Waals surface area (Å²) in [6, 6.07) is 10.2. The summed E-state index contributed by atoms with van der Waals surface area (Å²) in [5.41, 5.74) is 1.88. The second-order valence-corrected chi connectivity index (χ2v) is 5.04. The molecule has 0 saturated heterocycles. The molecule has 1 aromatic carbocycles. The lowest BCUT2D eigenvalue weighted by Gasteiger charge is -2.07. The van der Waals surface area contributed by atoms with E-state index < -0.39 is 0 Å². The maximum atomic E-state index is 8.94. The quantitative estimate of drug-likeness (QED) is 0.814. The lowest BCUT2D eigenvalue weighted by atomic mass is 10.2. The largest absolute Gasteiger partial charge is 0.346 e. The Morgan fingerprint density at radius 3 is 3.00 bits per heavy atom. The fourth-order valence-corrected chi connectivity index (χ4v) is 2.28. The molecular weight excluding hydrogens is 222 g/mol. The minimum Gasteiger partial charge on any atom is -0.346 e. The zero-order chi connectivity index (χ0) is 12.4. The summed E-state index contributed by atoms with van der Waals surface area (Å²) in [7, 11) is 0. The molecule has 0 bridgehead atoms. The summed E-state index contributed by atoms with van der Waals surface area (Å²) in [5.74, 6) is 0.927. The fourth-order valence-electron chi connectivity index (χ4n) is 2.28. The number of rotatable bonds is 5. The predicted molar refractivity (Wildman–Crippen MR) is 72.2 cm³/mol. The zero-order valence-electron chi connectivity index (χ0n) is 10.4. The van der Waals surface area contributed by atoms with Crippen molar-refractivity contribution in [1.82, 2.24) is 9.88 Å². The molecule has 1 heterocycles. The molecule has 3 nitrogen and oxygen atoms in total. The van der Waals surface area contributed by atoms with Gasteiger partial charge in [-0.1, -0.05) is 6.07 Å². The molecule has 1 aromatic heterocycles. The molecule has 2 aromatic rings. The Bertz CT molecular complexity index is 587. The maximum absolute atomic E-state index is 8.94. The molecule has 1 N–H and O–H groups in total. The van der Waals surface area contributed by atoms with E-state index in [9.17, 15) is 0 Å². The van der Waals surface area contributed by atoms with Gasteiger partial charge in [-0.25, -0.2) is 0 Å². The number of aromatic nitrogens is 1. The highest BCUT2D eigenvalue weighted by Crippen LogP contribution is 2.27. The highest BCUT2D eigenvalue weighted by molar-refractivity contribution is 5.81. The Hall–Kier alpha value is -1.79. The van der Waals surface area contributed by atoms with Crippen molar-refractivity contribution in [2.45, 2.75) is 19.4 Å². The van der Waals surface area contributed by atoms with E-state index in [-0.39, 0.29) is 0 Å². The molecule has 0 unspecified atom stereocenters. The van der Waals surface area contributed by atoms with Crippen LogP contribution in [-0.4, -0.2) is 17.7 Å². The highest BCUT2D eigenvalue weighted by atomic mass is 15.0. The Labute approximate surface area is 107 Å². The van der Waals surface area contributed by atoms with E-state index >= 15 is 0 Å². The number of fused-ring (bicyclic) bond motifs is 1. The van der Waals surface area contributed by atoms with Crippen LogP contribution >= 0.6 is 0 Å². The molecule has 3 heteroatoms. The molecule has 1 aliphatic rings. The van der Waals surface area contributed by atoms with Gasteiger partial charge in [0, 0.05) is 24.8 Å². The molecule has 0 atom stereocenters. The molecule has 0 radical (unpaired) electrons. The first kappa shape index (κ1) is 11.3. The van der Waals surface area contributed by atoms with Gasteiger partial charge in [0.05, 0.1) is 11.6 Å². The summed E-state index contributed by atoms with van der Waals surface area (Å²) < 4.78 is 2.22. The number of nitrogens with zero attached hydrogens (tertiary/aromatic N) is 2. The van der Waals surface area contributed by atoms with E-state index in [0.29, 0.717) is 0 Å². The van der Waals surface area contributed by atoms with Gasteiger partial charge in [-0.2, -0.15) is 5.26 Å². The molecule has 1 fully saturated rings. The Morgan fingerprint density at radius 2 is 2.22 bits per heavy atom.